The number of para-hydroxylation sites is 1. The maximum Gasteiger partial charge on any atom is 0.420 e. The van der Waals surface area contributed by atoms with E-state index >= 15 is 0 Å². The molecule has 7 nitrogen and oxygen atoms in total. The molecule has 4 rings (SSSR count). The van der Waals surface area contributed by atoms with Crippen LogP contribution in [-0.4, -0.2) is 48.6 Å². The summed E-state index contributed by atoms with van der Waals surface area (Å²) in [4.78, 5) is 33.0. The van der Waals surface area contributed by atoms with E-state index in [1.165, 1.54) is 42.6 Å². The van der Waals surface area contributed by atoms with Crippen LogP contribution in [0.4, 0.5) is 16.2 Å². The molecule has 1 aliphatic rings. The lowest BCUT2D eigenvalue weighted by Gasteiger charge is -2.30. The van der Waals surface area contributed by atoms with Crippen LogP contribution in [-0.2, 0) is 6.42 Å². The molecule has 2 aromatic carbocycles. The number of carbonyl (C=O) groups is 2. The van der Waals surface area contributed by atoms with Gasteiger partial charge < -0.3 is 15.0 Å². The van der Waals surface area contributed by atoms with Crippen LogP contribution in [0.25, 0.3) is 0 Å². The fourth-order valence-corrected chi connectivity index (χ4v) is 4.03. The van der Waals surface area contributed by atoms with Crippen molar-refractivity contribution >= 4 is 23.4 Å². The highest BCUT2D eigenvalue weighted by atomic mass is 16.6. The maximum atomic E-state index is 12.6. The SMILES string of the molecule is CC1CCN(CCc2ccc(C(=O)Nc3ccc(OC(=O)N(C)c4ccccc4)nc3)cc2)CC1. The first kappa shape index (κ1) is 24.4. The number of hydrogen-bond acceptors (Lipinski definition) is 5. The molecule has 1 fully saturated rings. The summed E-state index contributed by atoms with van der Waals surface area (Å²) in [5, 5.41) is 2.83. The monoisotopic (exact) mass is 472 g/mol. The summed E-state index contributed by atoms with van der Waals surface area (Å²) in [6.07, 6.45) is 4.47. The first-order valence-electron chi connectivity index (χ1n) is 12.1. The molecule has 0 spiro atoms. The molecule has 0 atom stereocenters. The van der Waals surface area contributed by atoms with Gasteiger partial charge in [0.05, 0.1) is 11.9 Å². The van der Waals surface area contributed by atoms with Crippen molar-refractivity contribution in [2.45, 2.75) is 26.2 Å². The zero-order chi connectivity index (χ0) is 24.6. The van der Waals surface area contributed by atoms with Crippen LogP contribution >= 0.6 is 0 Å². The van der Waals surface area contributed by atoms with Crippen molar-refractivity contribution in [1.82, 2.24) is 9.88 Å². The Labute approximate surface area is 206 Å². The summed E-state index contributed by atoms with van der Waals surface area (Å²) in [6, 6.07) is 20.2. The molecule has 0 saturated carbocycles. The molecule has 1 N–H and O–H groups in total. The predicted molar refractivity (Wildman–Crippen MR) is 138 cm³/mol. The van der Waals surface area contributed by atoms with Crippen molar-refractivity contribution in [3.63, 3.8) is 0 Å². The molecule has 0 unspecified atom stereocenters. The minimum atomic E-state index is -0.546. The number of piperidine rings is 1. The Morgan fingerprint density at radius 2 is 1.74 bits per heavy atom. The van der Waals surface area contributed by atoms with Crippen molar-refractivity contribution in [2.75, 3.05) is 36.9 Å². The van der Waals surface area contributed by atoms with Gasteiger partial charge in [-0.2, -0.15) is 0 Å². The van der Waals surface area contributed by atoms with Crippen LogP contribution in [0.1, 0.15) is 35.7 Å². The molecule has 0 radical (unpaired) electrons. The van der Waals surface area contributed by atoms with Gasteiger partial charge in [-0.3, -0.25) is 9.69 Å². The number of likely N-dealkylation sites (tertiary alicyclic amines) is 1. The fraction of sp³-hybridized carbons (Fsp3) is 0.321. The van der Waals surface area contributed by atoms with E-state index in [1.54, 1.807) is 19.2 Å². The number of anilines is 2. The van der Waals surface area contributed by atoms with E-state index in [0.29, 0.717) is 16.9 Å². The van der Waals surface area contributed by atoms with Gasteiger partial charge in [-0.1, -0.05) is 37.3 Å². The number of pyridine rings is 1. The number of ether oxygens (including phenoxy) is 1. The largest absolute Gasteiger partial charge is 0.420 e. The molecule has 2 amide bonds. The third-order valence-corrected chi connectivity index (χ3v) is 6.41. The van der Waals surface area contributed by atoms with E-state index in [9.17, 15) is 9.59 Å². The summed E-state index contributed by atoms with van der Waals surface area (Å²) in [6.45, 7) is 5.74. The van der Waals surface area contributed by atoms with Crippen LogP contribution in [0.3, 0.4) is 0 Å². The van der Waals surface area contributed by atoms with Gasteiger partial charge >= 0.3 is 6.09 Å². The Balaban J connectivity index is 1.26. The second-order valence-corrected chi connectivity index (χ2v) is 9.07. The van der Waals surface area contributed by atoms with Crippen molar-refractivity contribution in [1.29, 1.82) is 0 Å². The number of rotatable bonds is 7. The molecule has 1 aliphatic heterocycles. The number of benzene rings is 2. The average molecular weight is 473 g/mol. The zero-order valence-electron chi connectivity index (χ0n) is 20.3. The summed E-state index contributed by atoms with van der Waals surface area (Å²) in [5.41, 5.74) is 3.05. The molecule has 35 heavy (non-hydrogen) atoms. The highest BCUT2D eigenvalue weighted by molar-refractivity contribution is 6.04. The first-order chi connectivity index (χ1) is 17.0. The Morgan fingerprint density at radius 1 is 1.03 bits per heavy atom. The van der Waals surface area contributed by atoms with Gasteiger partial charge in [0.2, 0.25) is 5.88 Å². The molecular weight excluding hydrogens is 440 g/mol. The molecule has 3 aromatic rings. The Hall–Kier alpha value is -3.71. The summed E-state index contributed by atoms with van der Waals surface area (Å²) >= 11 is 0. The number of nitrogens with zero attached hydrogens (tertiary/aromatic N) is 3. The predicted octanol–water partition coefficient (Wildman–Crippen LogP) is 5.24. The van der Waals surface area contributed by atoms with E-state index in [4.69, 9.17) is 4.74 Å². The van der Waals surface area contributed by atoms with E-state index in [0.717, 1.165) is 18.9 Å². The molecule has 7 heteroatoms. The van der Waals surface area contributed by atoms with Gasteiger partial charge in [0, 0.05) is 30.9 Å². The zero-order valence-corrected chi connectivity index (χ0v) is 20.3. The number of amides is 2. The quantitative estimate of drug-likeness (QED) is 0.509. The summed E-state index contributed by atoms with van der Waals surface area (Å²) in [7, 11) is 1.63. The average Bonchev–Trinajstić information content (AvgIpc) is 2.90. The number of nitrogens with one attached hydrogen (secondary N) is 1. The smallest absolute Gasteiger partial charge is 0.391 e. The van der Waals surface area contributed by atoms with Gasteiger partial charge in [-0.15, -0.1) is 0 Å². The van der Waals surface area contributed by atoms with Crippen LogP contribution in [0.2, 0.25) is 0 Å². The topological polar surface area (TPSA) is 74.8 Å². The normalized spacial score (nSPS) is 14.3. The number of aromatic nitrogens is 1. The standard InChI is InChI=1S/C28H32N4O3/c1-21-14-17-32(18-15-21)19-16-22-8-10-23(11-9-22)27(33)30-24-12-13-26(29-20-24)35-28(34)31(2)25-6-4-3-5-7-25/h3-13,20-21H,14-19H2,1-2H3,(H,30,33). The lowest BCUT2D eigenvalue weighted by Crippen LogP contribution is -2.34. The molecular formula is C28H32N4O3. The number of carbonyl (C=O) groups excluding carboxylic acids is 2. The minimum Gasteiger partial charge on any atom is -0.391 e. The molecule has 2 heterocycles. The van der Waals surface area contributed by atoms with Crippen LogP contribution < -0.4 is 15.0 Å². The highest BCUT2D eigenvalue weighted by Gasteiger charge is 2.16. The van der Waals surface area contributed by atoms with Crippen LogP contribution in [0.15, 0.2) is 72.9 Å². The fourth-order valence-electron chi connectivity index (χ4n) is 4.03. The molecule has 182 valence electrons. The molecule has 0 bridgehead atoms. The first-order valence-corrected chi connectivity index (χ1v) is 12.1. The van der Waals surface area contributed by atoms with Crippen molar-refractivity contribution < 1.29 is 14.3 Å². The van der Waals surface area contributed by atoms with Crippen molar-refractivity contribution in [3.8, 4) is 5.88 Å². The second kappa shape index (κ2) is 11.6. The summed E-state index contributed by atoms with van der Waals surface area (Å²) in [5.74, 6) is 0.784. The van der Waals surface area contributed by atoms with Gasteiger partial charge in [0.25, 0.3) is 5.91 Å². The van der Waals surface area contributed by atoms with Gasteiger partial charge in [-0.25, -0.2) is 9.78 Å². The van der Waals surface area contributed by atoms with Crippen LogP contribution in [0.5, 0.6) is 5.88 Å². The summed E-state index contributed by atoms with van der Waals surface area (Å²) < 4.78 is 5.32. The van der Waals surface area contributed by atoms with Crippen LogP contribution in [0, 0.1) is 5.92 Å². The second-order valence-electron chi connectivity index (χ2n) is 9.07. The highest BCUT2D eigenvalue weighted by Crippen LogP contribution is 2.18. The Morgan fingerprint density at radius 3 is 2.40 bits per heavy atom. The van der Waals surface area contributed by atoms with E-state index < -0.39 is 6.09 Å². The van der Waals surface area contributed by atoms with E-state index in [1.807, 2.05) is 54.6 Å². The van der Waals surface area contributed by atoms with E-state index in [2.05, 4.69) is 22.1 Å². The van der Waals surface area contributed by atoms with Gasteiger partial charge in [0.15, 0.2) is 0 Å². The molecule has 1 aromatic heterocycles. The number of hydrogen-bond donors (Lipinski definition) is 1. The van der Waals surface area contributed by atoms with Gasteiger partial charge in [0.1, 0.15) is 0 Å². The van der Waals surface area contributed by atoms with E-state index in [-0.39, 0.29) is 11.8 Å². The Kier molecular flexibility index (Phi) is 8.11. The van der Waals surface area contributed by atoms with Crippen molar-refractivity contribution in [2.24, 2.45) is 5.92 Å². The molecule has 0 aliphatic carbocycles. The maximum absolute atomic E-state index is 12.6. The third kappa shape index (κ3) is 6.90. The lowest BCUT2D eigenvalue weighted by atomic mass is 9.99. The van der Waals surface area contributed by atoms with Crippen molar-refractivity contribution in [3.05, 3.63) is 84.1 Å². The third-order valence-electron chi connectivity index (χ3n) is 6.41. The minimum absolute atomic E-state index is 0.156. The lowest BCUT2D eigenvalue weighted by molar-refractivity contribution is 0.102. The van der Waals surface area contributed by atoms with Gasteiger partial charge in [-0.05, 0) is 74.2 Å². The molecule has 1 saturated heterocycles. The Bertz CT molecular complexity index is 1110.